The lowest BCUT2D eigenvalue weighted by atomic mass is 10.0. The summed E-state index contributed by atoms with van der Waals surface area (Å²) in [6, 6.07) is 4.07. The summed E-state index contributed by atoms with van der Waals surface area (Å²) in [6.45, 7) is 7.03. The minimum atomic E-state index is -1.33. The second kappa shape index (κ2) is 7.89. The molecule has 0 radical (unpaired) electrons. The number of hydrogen-bond donors (Lipinski definition) is 1. The van der Waals surface area contributed by atoms with Crippen LogP contribution in [0.25, 0.3) is 0 Å². The summed E-state index contributed by atoms with van der Waals surface area (Å²) in [4.78, 5) is 29.9. The van der Waals surface area contributed by atoms with Gasteiger partial charge in [-0.15, -0.1) is 0 Å². The molecule has 9 heteroatoms. The Morgan fingerprint density at radius 1 is 1.27 bits per heavy atom. The molecule has 1 amide bonds. The molecule has 160 valence electrons. The molecule has 2 heterocycles. The molecule has 1 N–H and O–H groups in total. The van der Waals surface area contributed by atoms with E-state index in [1.54, 1.807) is 27.7 Å². The van der Waals surface area contributed by atoms with Crippen LogP contribution in [0.3, 0.4) is 0 Å². The lowest BCUT2D eigenvalue weighted by molar-refractivity contribution is 0.0546. The highest BCUT2D eigenvalue weighted by atomic mass is 19.1. The lowest BCUT2D eigenvalue weighted by Gasteiger charge is -2.35. The van der Waals surface area contributed by atoms with Crippen molar-refractivity contribution in [3.63, 3.8) is 0 Å². The van der Waals surface area contributed by atoms with E-state index in [-0.39, 0.29) is 41.4 Å². The average molecular weight is 420 g/mol. The van der Waals surface area contributed by atoms with Gasteiger partial charge in [-0.3, -0.25) is 4.90 Å². The van der Waals surface area contributed by atoms with Gasteiger partial charge in [-0.25, -0.2) is 23.4 Å². The second-order valence-electron chi connectivity index (χ2n) is 8.05. The van der Waals surface area contributed by atoms with E-state index in [9.17, 15) is 23.5 Å². The van der Waals surface area contributed by atoms with Crippen LogP contribution in [-0.4, -0.2) is 40.4 Å². The number of fused-ring (bicyclic) bond motifs is 1. The third-order valence-electron chi connectivity index (χ3n) is 4.40. The molecule has 1 atom stereocenters. The van der Waals surface area contributed by atoms with Gasteiger partial charge in [-0.2, -0.15) is 0 Å². The molecule has 1 aromatic carbocycles. The number of pyridine rings is 1. The summed E-state index contributed by atoms with van der Waals surface area (Å²) in [6.07, 6.45) is -0.798. The Bertz CT molecular complexity index is 1000. The zero-order valence-electron chi connectivity index (χ0n) is 17.0. The smallest absolute Gasteiger partial charge is 0.415 e. The number of aromatic carboxylic acids is 1. The first kappa shape index (κ1) is 21.5. The molecule has 1 aromatic heterocycles. The normalized spacial score (nSPS) is 15.9. The van der Waals surface area contributed by atoms with Crippen molar-refractivity contribution < 1.29 is 33.0 Å². The number of rotatable bonds is 3. The topological polar surface area (TPSA) is 89.0 Å². The number of amides is 1. The Balaban J connectivity index is 2.08. The quantitative estimate of drug-likeness (QED) is 0.802. The summed E-state index contributed by atoms with van der Waals surface area (Å²) in [5, 5.41) is 9.56. The van der Waals surface area contributed by atoms with Crippen molar-refractivity contribution in [1.29, 1.82) is 0 Å². The maximum Gasteiger partial charge on any atom is 0.415 e. The number of hydrogen-bond acceptors (Lipinski definition) is 5. The number of ether oxygens (including phenoxy) is 2. The molecule has 2 aromatic rings. The van der Waals surface area contributed by atoms with Crippen molar-refractivity contribution in [3.05, 3.63) is 52.7 Å². The van der Waals surface area contributed by atoms with Gasteiger partial charge in [0.1, 0.15) is 29.5 Å². The van der Waals surface area contributed by atoms with Gasteiger partial charge in [0, 0.05) is 12.5 Å². The molecule has 0 saturated heterocycles. The van der Waals surface area contributed by atoms with Crippen molar-refractivity contribution in [2.75, 3.05) is 11.5 Å². The number of benzene rings is 1. The Labute approximate surface area is 172 Å². The first-order valence-electron chi connectivity index (χ1n) is 9.32. The van der Waals surface area contributed by atoms with Crippen LogP contribution >= 0.6 is 0 Å². The van der Waals surface area contributed by atoms with Crippen LogP contribution in [0.4, 0.5) is 19.3 Å². The number of carboxylic acids is 1. The predicted molar refractivity (Wildman–Crippen MR) is 104 cm³/mol. The van der Waals surface area contributed by atoms with Gasteiger partial charge in [-0.05, 0) is 51.0 Å². The van der Waals surface area contributed by atoms with Crippen molar-refractivity contribution in [2.45, 2.75) is 45.8 Å². The van der Waals surface area contributed by atoms with Crippen LogP contribution in [0.2, 0.25) is 0 Å². The fourth-order valence-corrected chi connectivity index (χ4v) is 3.10. The van der Waals surface area contributed by atoms with Crippen molar-refractivity contribution >= 4 is 17.7 Å². The SMILES string of the molecule is CC1COc2nc(C(=O)O)c(Cc3ccc(F)cc3F)cc2N1C(=O)OC(C)(C)C. The number of carboxylic acid groups (broad SMARTS) is 1. The Hall–Kier alpha value is -3.23. The first-order chi connectivity index (χ1) is 14.0. The number of anilines is 1. The highest BCUT2D eigenvalue weighted by Gasteiger charge is 2.35. The van der Waals surface area contributed by atoms with E-state index in [2.05, 4.69) is 4.98 Å². The van der Waals surface area contributed by atoms with Gasteiger partial charge in [0.2, 0.25) is 5.88 Å². The van der Waals surface area contributed by atoms with Crippen LogP contribution in [-0.2, 0) is 11.2 Å². The molecule has 0 bridgehead atoms. The maximum atomic E-state index is 14.1. The third kappa shape index (κ3) is 4.50. The van der Waals surface area contributed by atoms with Crippen LogP contribution in [0.15, 0.2) is 24.3 Å². The third-order valence-corrected chi connectivity index (χ3v) is 4.40. The van der Waals surface area contributed by atoms with Crippen LogP contribution in [0.1, 0.15) is 49.3 Å². The molecule has 0 aliphatic carbocycles. The number of carbonyl (C=O) groups excluding carboxylic acids is 1. The number of nitrogens with zero attached hydrogens (tertiary/aromatic N) is 2. The van der Waals surface area contributed by atoms with E-state index >= 15 is 0 Å². The molecular formula is C21H22F2N2O5. The van der Waals surface area contributed by atoms with Crippen molar-refractivity contribution in [1.82, 2.24) is 4.98 Å². The Kier molecular flexibility index (Phi) is 5.65. The van der Waals surface area contributed by atoms with Crippen molar-refractivity contribution in [3.8, 4) is 5.88 Å². The fourth-order valence-electron chi connectivity index (χ4n) is 3.10. The number of halogens is 2. The predicted octanol–water partition coefficient (Wildman–Crippen LogP) is 4.17. The molecule has 3 rings (SSSR count). The molecule has 30 heavy (non-hydrogen) atoms. The monoisotopic (exact) mass is 420 g/mol. The van der Waals surface area contributed by atoms with Crippen molar-refractivity contribution in [2.24, 2.45) is 0 Å². The van der Waals surface area contributed by atoms with Crippen LogP contribution < -0.4 is 9.64 Å². The molecule has 1 aliphatic rings. The van der Waals surface area contributed by atoms with Crippen LogP contribution in [0.5, 0.6) is 5.88 Å². The zero-order chi connectivity index (χ0) is 22.2. The summed E-state index contributed by atoms with van der Waals surface area (Å²) < 4.78 is 38.4. The van der Waals surface area contributed by atoms with E-state index in [0.717, 1.165) is 12.1 Å². The lowest BCUT2D eigenvalue weighted by Crippen LogP contribution is -2.47. The Morgan fingerprint density at radius 2 is 1.97 bits per heavy atom. The standard InChI is InChI=1S/C21H22F2N2O5/c1-11-10-29-18-16(25(11)20(28)30-21(2,3)4)8-13(17(24-18)19(26)27)7-12-5-6-14(22)9-15(12)23/h5-6,8-9,11H,7,10H2,1-4H3,(H,26,27). The summed E-state index contributed by atoms with van der Waals surface area (Å²) in [5.74, 6) is -2.91. The largest absolute Gasteiger partial charge is 0.476 e. The maximum absolute atomic E-state index is 14.1. The first-order valence-corrected chi connectivity index (χ1v) is 9.32. The summed E-state index contributed by atoms with van der Waals surface area (Å²) in [7, 11) is 0. The molecule has 0 saturated carbocycles. The van der Waals surface area contributed by atoms with Crippen LogP contribution in [0, 0.1) is 11.6 Å². The minimum Gasteiger partial charge on any atom is -0.476 e. The summed E-state index contributed by atoms with van der Waals surface area (Å²) >= 11 is 0. The highest BCUT2D eigenvalue weighted by molar-refractivity contribution is 5.93. The molecule has 0 spiro atoms. The zero-order valence-corrected chi connectivity index (χ0v) is 17.0. The molecule has 1 aliphatic heterocycles. The van der Waals surface area contributed by atoms with E-state index in [1.165, 1.54) is 17.0 Å². The highest BCUT2D eigenvalue weighted by Crippen LogP contribution is 2.36. The average Bonchev–Trinajstić information content (AvgIpc) is 2.61. The fraction of sp³-hybridized carbons (Fsp3) is 0.381. The molecule has 0 fully saturated rings. The van der Waals surface area contributed by atoms with Gasteiger partial charge in [0.05, 0.1) is 6.04 Å². The molecule has 1 unspecified atom stereocenters. The minimum absolute atomic E-state index is 0.0281. The molecule has 7 nitrogen and oxygen atoms in total. The van der Waals surface area contributed by atoms with Gasteiger partial charge in [0.15, 0.2) is 5.69 Å². The van der Waals surface area contributed by atoms with E-state index in [4.69, 9.17) is 9.47 Å². The van der Waals surface area contributed by atoms with Gasteiger partial charge in [-0.1, -0.05) is 6.07 Å². The van der Waals surface area contributed by atoms with E-state index < -0.39 is 35.3 Å². The number of aromatic nitrogens is 1. The van der Waals surface area contributed by atoms with Gasteiger partial charge < -0.3 is 14.6 Å². The number of carbonyl (C=O) groups is 2. The molecular weight excluding hydrogens is 398 g/mol. The Morgan fingerprint density at radius 3 is 2.57 bits per heavy atom. The van der Waals surface area contributed by atoms with Gasteiger partial charge in [0.25, 0.3) is 0 Å². The van der Waals surface area contributed by atoms with E-state index in [0.29, 0.717) is 0 Å². The summed E-state index contributed by atoms with van der Waals surface area (Å²) in [5.41, 5.74) is -0.613. The second-order valence-corrected chi connectivity index (χ2v) is 8.05. The van der Waals surface area contributed by atoms with E-state index in [1.807, 2.05) is 0 Å². The van der Waals surface area contributed by atoms with Gasteiger partial charge >= 0.3 is 12.1 Å².